The van der Waals surface area contributed by atoms with Gasteiger partial charge in [-0.15, -0.1) is 0 Å². The van der Waals surface area contributed by atoms with Crippen LogP contribution in [0.15, 0.2) is 58.3 Å². The van der Waals surface area contributed by atoms with Crippen LogP contribution in [-0.2, 0) is 19.9 Å². The molecular formula is C18H21NO5S2. The molecule has 2 aromatic rings. The number of benzene rings is 2. The Labute approximate surface area is 154 Å². The number of anilines is 1. The molecule has 6 nitrogen and oxygen atoms in total. The van der Waals surface area contributed by atoms with E-state index in [0.29, 0.717) is 5.69 Å². The van der Waals surface area contributed by atoms with Gasteiger partial charge in [0.05, 0.1) is 15.9 Å². The highest BCUT2D eigenvalue weighted by Crippen LogP contribution is 2.26. The van der Waals surface area contributed by atoms with Crippen LogP contribution in [0.5, 0.6) is 5.75 Å². The van der Waals surface area contributed by atoms with Gasteiger partial charge in [-0.2, -0.15) is 0 Å². The Kier molecular flexibility index (Phi) is 5.24. The lowest BCUT2D eigenvalue weighted by atomic mass is 10.3. The summed E-state index contributed by atoms with van der Waals surface area (Å²) in [7, 11) is -7.16. The molecule has 0 aliphatic heterocycles. The molecule has 0 spiro atoms. The van der Waals surface area contributed by atoms with E-state index in [9.17, 15) is 16.8 Å². The van der Waals surface area contributed by atoms with E-state index < -0.39 is 19.9 Å². The molecule has 0 unspecified atom stereocenters. The molecule has 26 heavy (non-hydrogen) atoms. The average Bonchev–Trinajstić information content (AvgIpc) is 3.09. The van der Waals surface area contributed by atoms with E-state index in [1.54, 1.807) is 24.3 Å². The SMILES string of the molecule is CS(=O)(=O)c1ccc(S(=O)(=O)Nc2ccc(OC3CCCC3)cc2)cc1. The van der Waals surface area contributed by atoms with Gasteiger partial charge >= 0.3 is 0 Å². The Morgan fingerprint density at radius 3 is 1.92 bits per heavy atom. The maximum Gasteiger partial charge on any atom is 0.261 e. The van der Waals surface area contributed by atoms with Crippen molar-refractivity contribution in [3.63, 3.8) is 0 Å². The van der Waals surface area contributed by atoms with E-state index in [0.717, 1.165) is 24.8 Å². The second-order valence-electron chi connectivity index (χ2n) is 6.40. The lowest BCUT2D eigenvalue weighted by Crippen LogP contribution is -2.13. The van der Waals surface area contributed by atoms with Crippen LogP contribution >= 0.6 is 0 Å². The summed E-state index contributed by atoms with van der Waals surface area (Å²) >= 11 is 0. The molecule has 3 rings (SSSR count). The molecule has 0 aromatic heterocycles. The second-order valence-corrected chi connectivity index (χ2v) is 10.1. The highest BCUT2D eigenvalue weighted by Gasteiger charge is 2.18. The molecule has 0 radical (unpaired) electrons. The molecule has 8 heteroatoms. The summed E-state index contributed by atoms with van der Waals surface area (Å²) in [4.78, 5) is 0.0704. The first-order valence-corrected chi connectivity index (χ1v) is 11.7. The summed E-state index contributed by atoms with van der Waals surface area (Å²) in [6.45, 7) is 0. The highest BCUT2D eigenvalue weighted by atomic mass is 32.2. The zero-order valence-corrected chi connectivity index (χ0v) is 16.0. The molecule has 1 saturated carbocycles. The smallest absolute Gasteiger partial charge is 0.261 e. The zero-order valence-electron chi connectivity index (χ0n) is 14.4. The molecule has 1 N–H and O–H groups in total. The number of rotatable bonds is 6. The number of ether oxygens (including phenoxy) is 1. The normalized spacial score (nSPS) is 15.7. The van der Waals surface area contributed by atoms with Gasteiger partial charge in [-0.3, -0.25) is 4.72 Å². The number of hydrogen-bond acceptors (Lipinski definition) is 5. The predicted octanol–water partition coefficient (Wildman–Crippen LogP) is 3.21. The summed E-state index contributed by atoms with van der Waals surface area (Å²) in [5.74, 6) is 0.720. The van der Waals surface area contributed by atoms with E-state index in [4.69, 9.17) is 4.74 Å². The summed E-state index contributed by atoms with van der Waals surface area (Å²) in [5.41, 5.74) is 0.413. The molecule has 0 bridgehead atoms. The van der Waals surface area contributed by atoms with Crippen molar-refractivity contribution >= 4 is 25.5 Å². The van der Waals surface area contributed by atoms with Crippen molar-refractivity contribution in [1.29, 1.82) is 0 Å². The Balaban J connectivity index is 1.70. The molecular weight excluding hydrogens is 374 g/mol. The maximum atomic E-state index is 12.4. The van der Waals surface area contributed by atoms with Crippen molar-refractivity contribution in [2.45, 2.75) is 41.6 Å². The first-order valence-electron chi connectivity index (χ1n) is 8.34. The molecule has 0 saturated heterocycles. The average molecular weight is 396 g/mol. The molecule has 1 fully saturated rings. The topological polar surface area (TPSA) is 89.5 Å². The van der Waals surface area contributed by atoms with Gasteiger partial charge in [-0.05, 0) is 74.2 Å². The minimum Gasteiger partial charge on any atom is -0.490 e. The fourth-order valence-corrected chi connectivity index (χ4v) is 4.57. The first kappa shape index (κ1) is 18.7. The third-order valence-corrected chi connectivity index (χ3v) is 6.80. The van der Waals surface area contributed by atoms with E-state index >= 15 is 0 Å². The highest BCUT2D eigenvalue weighted by molar-refractivity contribution is 7.92. The Hall–Kier alpha value is -2.06. The second kappa shape index (κ2) is 7.28. The van der Waals surface area contributed by atoms with Crippen LogP contribution in [0.1, 0.15) is 25.7 Å². The summed E-state index contributed by atoms with van der Waals surface area (Å²) < 4.78 is 56.1. The fourth-order valence-electron chi connectivity index (χ4n) is 2.88. The quantitative estimate of drug-likeness (QED) is 0.811. The fraction of sp³-hybridized carbons (Fsp3) is 0.333. The van der Waals surface area contributed by atoms with Gasteiger partial charge in [0, 0.05) is 11.9 Å². The van der Waals surface area contributed by atoms with Crippen molar-refractivity contribution in [3.8, 4) is 5.75 Å². The minimum atomic E-state index is -3.80. The van der Waals surface area contributed by atoms with E-state index in [1.165, 1.54) is 37.1 Å². The van der Waals surface area contributed by atoms with Gasteiger partial charge in [0.2, 0.25) is 0 Å². The summed E-state index contributed by atoms with van der Waals surface area (Å²) in [6, 6.07) is 11.9. The monoisotopic (exact) mass is 395 g/mol. The number of hydrogen-bond donors (Lipinski definition) is 1. The maximum absolute atomic E-state index is 12.4. The van der Waals surface area contributed by atoms with Crippen LogP contribution < -0.4 is 9.46 Å². The Morgan fingerprint density at radius 1 is 0.846 bits per heavy atom. The van der Waals surface area contributed by atoms with Gasteiger partial charge in [0.25, 0.3) is 10.0 Å². The first-order chi connectivity index (χ1) is 12.2. The molecule has 0 amide bonds. The predicted molar refractivity (Wildman–Crippen MR) is 99.7 cm³/mol. The van der Waals surface area contributed by atoms with Crippen LogP contribution in [0.25, 0.3) is 0 Å². The summed E-state index contributed by atoms with van der Waals surface area (Å²) in [5, 5.41) is 0. The largest absolute Gasteiger partial charge is 0.490 e. The van der Waals surface area contributed by atoms with Crippen molar-refractivity contribution in [2.24, 2.45) is 0 Å². The molecule has 1 aliphatic rings. The van der Waals surface area contributed by atoms with Gasteiger partial charge in [0.1, 0.15) is 5.75 Å². The van der Waals surface area contributed by atoms with Crippen molar-refractivity contribution in [1.82, 2.24) is 0 Å². The van der Waals surface area contributed by atoms with E-state index in [-0.39, 0.29) is 15.9 Å². The van der Waals surface area contributed by atoms with Gasteiger partial charge in [-0.1, -0.05) is 0 Å². The van der Waals surface area contributed by atoms with Gasteiger partial charge < -0.3 is 4.74 Å². The zero-order chi connectivity index (χ0) is 18.8. The van der Waals surface area contributed by atoms with Crippen LogP contribution in [0, 0.1) is 0 Å². The standard InChI is InChI=1S/C18H21NO5S2/c1-25(20,21)17-10-12-18(13-11-17)26(22,23)19-14-6-8-16(9-7-14)24-15-4-2-3-5-15/h6-13,15,19H,2-5H2,1H3. The van der Waals surface area contributed by atoms with E-state index in [1.807, 2.05) is 0 Å². The molecule has 140 valence electrons. The van der Waals surface area contributed by atoms with Crippen LogP contribution in [0.2, 0.25) is 0 Å². The Morgan fingerprint density at radius 2 is 1.38 bits per heavy atom. The number of sulfonamides is 1. The van der Waals surface area contributed by atoms with Gasteiger partial charge in [0.15, 0.2) is 9.84 Å². The minimum absolute atomic E-state index is 0.00354. The van der Waals surface area contributed by atoms with Gasteiger partial charge in [-0.25, -0.2) is 16.8 Å². The number of sulfone groups is 1. The lowest BCUT2D eigenvalue weighted by molar-refractivity contribution is 0.210. The van der Waals surface area contributed by atoms with Crippen molar-refractivity contribution < 1.29 is 21.6 Å². The molecule has 1 aliphatic carbocycles. The van der Waals surface area contributed by atoms with Crippen LogP contribution in [0.3, 0.4) is 0 Å². The van der Waals surface area contributed by atoms with Crippen molar-refractivity contribution in [3.05, 3.63) is 48.5 Å². The molecule has 0 heterocycles. The third-order valence-electron chi connectivity index (χ3n) is 4.27. The third kappa shape index (κ3) is 4.56. The molecule has 0 atom stereocenters. The van der Waals surface area contributed by atoms with E-state index in [2.05, 4.69) is 4.72 Å². The number of nitrogens with one attached hydrogen (secondary N) is 1. The lowest BCUT2D eigenvalue weighted by Gasteiger charge is -2.14. The molecule has 2 aromatic carbocycles. The van der Waals surface area contributed by atoms with Crippen molar-refractivity contribution in [2.75, 3.05) is 11.0 Å². The van der Waals surface area contributed by atoms with Crippen LogP contribution in [0.4, 0.5) is 5.69 Å². The van der Waals surface area contributed by atoms with Crippen LogP contribution in [-0.4, -0.2) is 29.2 Å². The Bertz CT molecular complexity index is 959. The summed E-state index contributed by atoms with van der Waals surface area (Å²) in [6.07, 6.45) is 5.78.